The maximum atomic E-state index is 12.6. The van der Waals surface area contributed by atoms with Crippen LogP contribution in [0.5, 0.6) is 0 Å². The smallest absolute Gasteiger partial charge is 0.247 e. The van der Waals surface area contributed by atoms with Crippen molar-refractivity contribution in [3.8, 4) is 0 Å². The number of nitrogens with one attached hydrogen (secondary N) is 1. The Morgan fingerprint density at radius 2 is 1.96 bits per heavy atom. The lowest BCUT2D eigenvalue weighted by Crippen LogP contribution is -2.24. The van der Waals surface area contributed by atoms with Gasteiger partial charge in [-0.05, 0) is 31.2 Å². The number of fused-ring (bicyclic) bond motifs is 1. The third kappa shape index (κ3) is 2.77. The van der Waals surface area contributed by atoms with Crippen molar-refractivity contribution in [3.63, 3.8) is 0 Å². The minimum absolute atomic E-state index is 0.0763. The first-order valence-corrected chi connectivity index (χ1v) is 7.73. The summed E-state index contributed by atoms with van der Waals surface area (Å²) in [5, 5.41) is 2.94. The van der Waals surface area contributed by atoms with Crippen molar-refractivity contribution in [3.05, 3.63) is 54.4 Å². The number of benzene rings is 2. The van der Waals surface area contributed by atoms with E-state index in [2.05, 4.69) is 10.3 Å². The highest BCUT2D eigenvalue weighted by Crippen LogP contribution is 2.26. The number of rotatable bonds is 4. The monoisotopic (exact) mass is 308 g/mol. The molecule has 0 aliphatic carbocycles. The zero-order valence-corrected chi connectivity index (χ0v) is 13.3. The minimum Gasteiger partial charge on any atom is -0.397 e. The first kappa shape index (κ1) is 15.1. The number of para-hydroxylation sites is 2. The number of nitrogens with zero attached hydrogens (tertiary/aromatic N) is 2. The average Bonchev–Trinajstić information content (AvgIpc) is 2.95. The van der Waals surface area contributed by atoms with Gasteiger partial charge in [-0.1, -0.05) is 31.2 Å². The highest BCUT2D eigenvalue weighted by molar-refractivity contribution is 5.95. The number of amides is 1. The molecule has 5 heteroatoms. The van der Waals surface area contributed by atoms with E-state index in [1.54, 1.807) is 0 Å². The van der Waals surface area contributed by atoms with E-state index in [9.17, 15) is 4.79 Å². The fourth-order valence-electron chi connectivity index (χ4n) is 2.75. The Morgan fingerprint density at radius 3 is 2.65 bits per heavy atom. The fraction of sp³-hybridized carbons (Fsp3) is 0.222. The number of anilines is 2. The topological polar surface area (TPSA) is 72.9 Å². The van der Waals surface area contributed by atoms with E-state index in [1.807, 2.05) is 66.9 Å². The molecule has 3 aromatic rings. The molecule has 0 bridgehead atoms. The van der Waals surface area contributed by atoms with Gasteiger partial charge in [-0.15, -0.1) is 0 Å². The molecule has 1 atom stereocenters. The number of nitrogens with two attached hydrogens (primary N) is 1. The van der Waals surface area contributed by atoms with E-state index in [0.29, 0.717) is 5.69 Å². The van der Waals surface area contributed by atoms with E-state index in [4.69, 9.17) is 5.73 Å². The van der Waals surface area contributed by atoms with E-state index in [1.165, 1.54) is 0 Å². The predicted molar refractivity (Wildman–Crippen MR) is 93.3 cm³/mol. The standard InChI is InChI=1S/C18H20N4O/c1-3-16-21-17-14(19)10-7-11-15(17)22(16)12(2)18(23)20-13-8-5-4-6-9-13/h4-12H,3,19H2,1-2H3,(H,20,23). The molecular formula is C18H20N4O. The number of carbonyl (C=O) groups excluding carboxylic acids is 1. The number of carbonyl (C=O) groups is 1. The molecule has 0 saturated heterocycles. The van der Waals surface area contributed by atoms with Crippen LogP contribution < -0.4 is 11.1 Å². The van der Waals surface area contributed by atoms with E-state index in [-0.39, 0.29) is 11.9 Å². The lowest BCUT2D eigenvalue weighted by Gasteiger charge is -2.17. The molecule has 5 nitrogen and oxygen atoms in total. The van der Waals surface area contributed by atoms with E-state index < -0.39 is 0 Å². The number of hydrogen-bond donors (Lipinski definition) is 2. The molecule has 1 unspecified atom stereocenters. The molecule has 3 N–H and O–H groups in total. The van der Waals surface area contributed by atoms with Gasteiger partial charge in [0.2, 0.25) is 5.91 Å². The van der Waals surface area contributed by atoms with Gasteiger partial charge in [0.25, 0.3) is 0 Å². The summed E-state index contributed by atoms with van der Waals surface area (Å²) >= 11 is 0. The number of imidazole rings is 1. The first-order chi connectivity index (χ1) is 11.1. The molecular weight excluding hydrogens is 288 g/mol. The van der Waals surface area contributed by atoms with Crippen LogP contribution in [0.15, 0.2) is 48.5 Å². The van der Waals surface area contributed by atoms with Gasteiger partial charge in [-0.25, -0.2) is 4.98 Å². The first-order valence-electron chi connectivity index (χ1n) is 7.73. The van der Waals surface area contributed by atoms with E-state index in [0.717, 1.165) is 29.0 Å². The van der Waals surface area contributed by atoms with Crippen molar-refractivity contribution in [2.75, 3.05) is 11.1 Å². The second-order valence-corrected chi connectivity index (χ2v) is 5.50. The lowest BCUT2D eigenvalue weighted by molar-refractivity contribution is -0.118. The largest absolute Gasteiger partial charge is 0.397 e. The normalized spacial score (nSPS) is 12.3. The maximum absolute atomic E-state index is 12.6. The third-order valence-electron chi connectivity index (χ3n) is 3.95. The predicted octanol–water partition coefficient (Wildman–Crippen LogP) is 3.38. The van der Waals surface area contributed by atoms with Crippen molar-refractivity contribution in [2.45, 2.75) is 26.3 Å². The summed E-state index contributed by atoms with van der Waals surface area (Å²) < 4.78 is 1.96. The highest BCUT2D eigenvalue weighted by Gasteiger charge is 2.21. The van der Waals surface area contributed by atoms with Crippen molar-refractivity contribution >= 4 is 28.3 Å². The number of nitrogen functional groups attached to an aromatic ring is 1. The highest BCUT2D eigenvalue weighted by atomic mass is 16.2. The molecule has 2 aromatic carbocycles. The van der Waals surface area contributed by atoms with Gasteiger partial charge >= 0.3 is 0 Å². The van der Waals surface area contributed by atoms with Crippen LogP contribution in [0.4, 0.5) is 11.4 Å². The molecule has 23 heavy (non-hydrogen) atoms. The summed E-state index contributed by atoms with van der Waals surface area (Å²) in [5.41, 5.74) is 9.07. The van der Waals surface area contributed by atoms with Gasteiger partial charge in [-0.2, -0.15) is 0 Å². The molecule has 1 aromatic heterocycles. The lowest BCUT2D eigenvalue weighted by atomic mass is 10.2. The summed E-state index contributed by atoms with van der Waals surface area (Å²) in [6.07, 6.45) is 0.733. The van der Waals surface area contributed by atoms with Gasteiger partial charge in [0.1, 0.15) is 17.4 Å². The average molecular weight is 308 g/mol. The van der Waals surface area contributed by atoms with Crippen molar-refractivity contribution in [2.24, 2.45) is 0 Å². The number of aromatic nitrogens is 2. The van der Waals surface area contributed by atoms with Crippen LogP contribution in [0.1, 0.15) is 25.7 Å². The number of aryl methyl sites for hydroxylation is 1. The summed E-state index contributed by atoms with van der Waals surface area (Å²) in [7, 11) is 0. The molecule has 118 valence electrons. The molecule has 0 fully saturated rings. The summed E-state index contributed by atoms with van der Waals surface area (Å²) in [6.45, 7) is 3.90. The Labute approximate surface area is 135 Å². The zero-order valence-electron chi connectivity index (χ0n) is 13.3. The van der Waals surface area contributed by atoms with Crippen LogP contribution >= 0.6 is 0 Å². The Hall–Kier alpha value is -2.82. The van der Waals surface area contributed by atoms with Gasteiger partial charge in [0.05, 0.1) is 11.2 Å². The van der Waals surface area contributed by atoms with Crippen LogP contribution in [-0.2, 0) is 11.2 Å². The van der Waals surface area contributed by atoms with Gasteiger partial charge < -0.3 is 15.6 Å². The molecule has 1 amide bonds. The van der Waals surface area contributed by atoms with Gasteiger partial charge in [0.15, 0.2) is 0 Å². The van der Waals surface area contributed by atoms with Crippen molar-refractivity contribution in [1.82, 2.24) is 9.55 Å². The SMILES string of the molecule is CCc1nc2c(N)cccc2n1C(C)C(=O)Nc1ccccc1. The minimum atomic E-state index is -0.378. The summed E-state index contributed by atoms with van der Waals surface area (Å²) in [4.78, 5) is 17.2. The Bertz CT molecular complexity index is 839. The second-order valence-electron chi connectivity index (χ2n) is 5.50. The van der Waals surface area contributed by atoms with Gasteiger partial charge in [0, 0.05) is 12.1 Å². The molecule has 1 heterocycles. The summed E-state index contributed by atoms with van der Waals surface area (Å²) in [5.74, 6) is 0.779. The molecule has 0 aliphatic heterocycles. The Kier molecular flexibility index (Phi) is 4.02. The molecule has 3 rings (SSSR count). The van der Waals surface area contributed by atoms with Crippen molar-refractivity contribution < 1.29 is 4.79 Å². The van der Waals surface area contributed by atoms with Crippen LogP contribution in [0.3, 0.4) is 0 Å². The molecule has 0 spiro atoms. The molecule has 0 radical (unpaired) electrons. The number of hydrogen-bond acceptors (Lipinski definition) is 3. The zero-order chi connectivity index (χ0) is 16.4. The van der Waals surface area contributed by atoms with Gasteiger partial charge in [-0.3, -0.25) is 4.79 Å². The van der Waals surface area contributed by atoms with E-state index >= 15 is 0 Å². The van der Waals surface area contributed by atoms with Crippen LogP contribution in [0.25, 0.3) is 11.0 Å². The molecule has 0 saturated carbocycles. The van der Waals surface area contributed by atoms with Crippen LogP contribution in [0.2, 0.25) is 0 Å². The second kappa shape index (κ2) is 6.12. The van der Waals surface area contributed by atoms with Crippen molar-refractivity contribution in [1.29, 1.82) is 0 Å². The quantitative estimate of drug-likeness (QED) is 0.726. The maximum Gasteiger partial charge on any atom is 0.247 e. The van der Waals surface area contributed by atoms with Crippen LogP contribution in [0, 0.1) is 0 Å². The third-order valence-corrected chi connectivity index (χ3v) is 3.95. The Morgan fingerprint density at radius 1 is 1.22 bits per heavy atom. The molecule has 0 aliphatic rings. The summed E-state index contributed by atoms with van der Waals surface area (Å²) in [6, 6.07) is 14.7. The Balaban J connectivity index is 1.98. The van der Waals surface area contributed by atoms with Crippen LogP contribution in [-0.4, -0.2) is 15.5 Å². The fourth-order valence-corrected chi connectivity index (χ4v) is 2.75.